The summed E-state index contributed by atoms with van der Waals surface area (Å²) in [5.41, 5.74) is -2.97. The molecule has 2 N–H and O–H groups in total. The average molecular weight is 300 g/mol. The smallest absolute Gasteiger partial charge is 0.350 e. The Morgan fingerprint density at radius 3 is 2.62 bits per heavy atom. The van der Waals surface area contributed by atoms with E-state index in [0.29, 0.717) is 6.20 Å². The van der Waals surface area contributed by atoms with E-state index in [-0.39, 0.29) is 0 Å². The molecule has 11 heteroatoms. The van der Waals surface area contributed by atoms with Crippen LogP contribution in [0, 0.1) is 10.1 Å². The summed E-state index contributed by atoms with van der Waals surface area (Å²) < 4.78 is 5.19. The van der Waals surface area contributed by atoms with Gasteiger partial charge in [0.1, 0.15) is 6.04 Å². The molecule has 0 aliphatic carbocycles. The second kappa shape index (κ2) is 6.45. The van der Waals surface area contributed by atoms with E-state index in [2.05, 4.69) is 10.1 Å². The minimum absolute atomic E-state index is 0.428. The maximum atomic E-state index is 11.6. The molecule has 0 aliphatic heterocycles. The van der Waals surface area contributed by atoms with Gasteiger partial charge >= 0.3 is 22.9 Å². The second-order valence-corrected chi connectivity index (χ2v) is 3.96. The van der Waals surface area contributed by atoms with E-state index in [0.717, 1.165) is 18.6 Å². The molecule has 1 atom stereocenters. The summed E-state index contributed by atoms with van der Waals surface area (Å²) >= 11 is 0. The standard InChI is InChI=1S/C10H12N4O7/c1-5(15)11-6(9(17)21-2)3-13-4-7(14(19)20)8(16)12-10(13)18/h4,6H,3H2,1-2H3,(H,11,15)(H,12,16,18). The van der Waals surface area contributed by atoms with Crippen LogP contribution < -0.4 is 16.6 Å². The number of amides is 1. The summed E-state index contributed by atoms with van der Waals surface area (Å²) in [5, 5.41) is 12.9. The molecule has 1 aromatic heterocycles. The number of ether oxygens (including phenoxy) is 1. The van der Waals surface area contributed by atoms with Gasteiger partial charge in [-0.3, -0.25) is 29.3 Å². The fraction of sp³-hybridized carbons (Fsp3) is 0.400. The van der Waals surface area contributed by atoms with Crippen molar-refractivity contribution in [1.82, 2.24) is 14.9 Å². The Hall–Kier alpha value is -2.98. The van der Waals surface area contributed by atoms with E-state index in [4.69, 9.17) is 0 Å². The van der Waals surface area contributed by atoms with Crippen LogP contribution >= 0.6 is 0 Å². The molecular weight excluding hydrogens is 288 g/mol. The molecule has 1 amide bonds. The van der Waals surface area contributed by atoms with Crippen LogP contribution in [0.5, 0.6) is 0 Å². The fourth-order valence-corrected chi connectivity index (χ4v) is 1.53. The number of H-pyrrole nitrogens is 1. The Morgan fingerprint density at radius 2 is 2.14 bits per heavy atom. The second-order valence-electron chi connectivity index (χ2n) is 3.96. The van der Waals surface area contributed by atoms with Crippen molar-refractivity contribution >= 4 is 17.6 Å². The zero-order chi connectivity index (χ0) is 16.2. The van der Waals surface area contributed by atoms with Gasteiger partial charge in [-0.2, -0.15) is 0 Å². The monoisotopic (exact) mass is 300 g/mol. The van der Waals surface area contributed by atoms with Crippen molar-refractivity contribution in [3.05, 3.63) is 37.1 Å². The van der Waals surface area contributed by atoms with Crippen molar-refractivity contribution in [2.75, 3.05) is 7.11 Å². The van der Waals surface area contributed by atoms with E-state index in [1.54, 1.807) is 4.98 Å². The predicted octanol–water partition coefficient (Wildman–Crippen LogP) is -1.88. The molecule has 0 fully saturated rings. The van der Waals surface area contributed by atoms with Gasteiger partial charge in [0, 0.05) is 6.92 Å². The Balaban J connectivity index is 3.20. The number of carbonyl (C=O) groups excluding carboxylic acids is 2. The number of methoxy groups -OCH3 is 1. The molecule has 0 spiro atoms. The van der Waals surface area contributed by atoms with Gasteiger partial charge < -0.3 is 10.1 Å². The Morgan fingerprint density at radius 1 is 1.52 bits per heavy atom. The number of rotatable bonds is 5. The van der Waals surface area contributed by atoms with E-state index in [9.17, 15) is 29.3 Å². The number of hydrogen-bond acceptors (Lipinski definition) is 7. The van der Waals surface area contributed by atoms with Crippen molar-refractivity contribution in [2.24, 2.45) is 0 Å². The fourth-order valence-electron chi connectivity index (χ4n) is 1.53. The lowest BCUT2D eigenvalue weighted by molar-refractivity contribution is -0.386. The summed E-state index contributed by atoms with van der Waals surface area (Å²) in [6.07, 6.45) is 0.693. The molecule has 0 bridgehead atoms. The normalized spacial score (nSPS) is 11.5. The van der Waals surface area contributed by atoms with Gasteiger partial charge in [0.05, 0.1) is 24.8 Å². The molecule has 1 rings (SSSR count). The largest absolute Gasteiger partial charge is 0.467 e. The summed E-state index contributed by atoms with van der Waals surface area (Å²) in [7, 11) is 1.08. The van der Waals surface area contributed by atoms with Crippen LogP contribution in [0.4, 0.5) is 5.69 Å². The van der Waals surface area contributed by atoms with Crippen LogP contribution in [0.15, 0.2) is 15.8 Å². The number of carbonyl (C=O) groups is 2. The van der Waals surface area contributed by atoms with E-state index in [1.807, 2.05) is 0 Å². The van der Waals surface area contributed by atoms with Crippen molar-refractivity contribution in [1.29, 1.82) is 0 Å². The number of aromatic amines is 1. The molecule has 1 heterocycles. The lowest BCUT2D eigenvalue weighted by atomic mass is 10.3. The average Bonchev–Trinajstić information content (AvgIpc) is 2.38. The minimum Gasteiger partial charge on any atom is -0.467 e. The van der Waals surface area contributed by atoms with Crippen molar-refractivity contribution in [3.8, 4) is 0 Å². The zero-order valence-corrected chi connectivity index (χ0v) is 11.1. The van der Waals surface area contributed by atoms with Crippen LogP contribution in [0.3, 0.4) is 0 Å². The molecule has 0 saturated heterocycles. The van der Waals surface area contributed by atoms with Crippen LogP contribution in [-0.2, 0) is 20.9 Å². The van der Waals surface area contributed by atoms with Gasteiger partial charge in [-0.25, -0.2) is 9.59 Å². The topological polar surface area (TPSA) is 153 Å². The number of aromatic nitrogens is 2. The zero-order valence-electron chi connectivity index (χ0n) is 11.1. The molecule has 21 heavy (non-hydrogen) atoms. The maximum absolute atomic E-state index is 11.6. The lowest BCUT2D eigenvalue weighted by Crippen LogP contribution is -2.46. The highest BCUT2D eigenvalue weighted by Crippen LogP contribution is 2.01. The lowest BCUT2D eigenvalue weighted by Gasteiger charge is -2.16. The third kappa shape index (κ3) is 3.99. The van der Waals surface area contributed by atoms with E-state index < -0.39 is 46.3 Å². The van der Waals surface area contributed by atoms with Crippen molar-refractivity contribution in [2.45, 2.75) is 19.5 Å². The van der Waals surface area contributed by atoms with Crippen LogP contribution in [0.25, 0.3) is 0 Å². The SMILES string of the molecule is COC(=O)C(Cn1cc([N+](=O)[O-])c(=O)[nH]c1=O)NC(C)=O. The van der Waals surface area contributed by atoms with Gasteiger partial charge in [-0.05, 0) is 0 Å². The predicted molar refractivity (Wildman–Crippen MR) is 67.6 cm³/mol. The summed E-state index contributed by atoms with van der Waals surface area (Å²) in [6, 6.07) is -1.23. The third-order valence-corrected chi connectivity index (χ3v) is 2.43. The number of hydrogen-bond donors (Lipinski definition) is 2. The quantitative estimate of drug-likeness (QED) is 0.366. The minimum atomic E-state index is -1.23. The van der Waals surface area contributed by atoms with Crippen LogP contribution in [0.1, 0.15) is 6.92 Å². The highest BCUT2D eigenvalue weighted by Gasteiger charge is 2.23. The molecule has 1 aromatic rings. The highest BCUT2D eigenvalue weighted by molar-refractivity contribution is 5.83. The maximum Gasteiger partial charge on any atom is 0.350 e. The van der Waals surface area contributed by atoms with Gasteiger partial charge in [-0.1, -0.05) is 0 Å². The van der Waals surface area contributed by atoms with E-state index >= 15 is 0 Å². The van der Waals surface area contributed by atoms with Gasteiger partial charge in [-0.15, -0.1) is 0 Å². The first kappa shape index (κ1) is 16.1. The molecule has 1 unspecified atom stereocenters. The molecule has 0 saturated carbocycles. The molecule has 0 aliphatic rings. The molecule has 114 valence electrons. The summed E-state index contributed by atoms with van der Waals surface area (Å²) in [6.45, 7) is 0.719. The Labute approximate surface area is 116 Å². The number of esters is 1. The first-order chi connectivity index (χ1) is 9.76. The van der Waals surface area contributed by atoms with Gasteiger partial charge in [0.25, 0.3) is 0 Å². The van der Waals surface area contributed by atoms with Gasteiger partial charge in [0.2, 0.25) is 5.91 Å². The first-order valence-electron chi connectivity index (χ1n) is 5.59. The summed E-state index contributed by atoms with van der Waals surface area (Å²) in [4.78, 5) is 56.7. The number of nitrogens with one attached hydrogen (secondary N) is 2. The molecule has 11 nitrogen and oxygen atoms in total. The van der Waals surface area contributed by atoms with Crippen molar-refractivity contribution in [3.63, 3.8) is 0 Å². The van der Waals surface area contributed by atoms with Crippen LogP contribution in [0.2, 0.25) is 0 Å². The van der Waals surface area contributed by atoms with E-state index in [1.165, 1.54) is 0 Å². The molecule has 0 radical (unpaired) electrons. The number of nitrogens with zero attached hydrogens (tertiary/aromatic N) is 2. The number of nitro groups is 1. The summed E-state index contributed by atoms with van der Waals surface area (Å²) in [5.74, 6) is -1.40. The first-order valence-corrected chi connectivity index (χ1v) is 5.59. The molecule has 0 aromatic carbocycles. The highest BCUT2D eigenvalue weighted by atomic mass is 16.6. The Kier molecular flexibility index (Phi) is 4.94. The van der Waals surface area contributed by atoms with Crippen LogP contribution in [-0.4, -0.2) is 39.5 Å². The molecular formula is C10H12N4O7. The Bertz CT molecular complexity index is 689. The van der Waals surface area contributed by atoms with Gasteiger partial charge in [0.15, 0.2) is 0 Å². The van der Waals surface area contributed by atoms with Crippen molar-refractivity contribution < 1.29 is 19.2 Å². The third-order valence-electron chi connectivity index (χ3n) is 2.43.